The molecule has 1 aromatic carbocycles. The zero-order valence-electron chi connectivity index (χ0n) is 8.34. The average Bonchev–Trinajstić information content (AvgIpc) is 2.18. The van der Waals surface area contributed by atoms with Crippen LogP contribution in [-0.2, 0) is 0 Å². The van der Waals surface area contributed by atoms with Crippen molar-refractivity contribution in [3.8, 4) is 6.07 Å². The molecule has 2 nitrogen and oxygen atoms in total. The fraction of sp³-hybridized carbons (Fsp3) is 0.364. The van der Waals surface area contributed by atoms with E-state index >= 15 is 0 Å². The number of rotatable bonds is 3. The lowest BCUT2D eigenvalue weighted by molar-refractivity contribution is 0.605. The molecule has 1 unspecified atom stereocenters. The van der Waals surface area contributed by atoms with Gasteiger partial charge in [0.05, 0.1) is 12.5 Å². The normalized spacial score (nSPS) is 12.1. The van der Waals surface area contributed by atoms with E-state index in [1.54, 1.807) is 0 Å². The van der Waals surface area contributed by atoms with Crippen LogP contribution in [0, 0.1) is 18.3 Å². The highest BCUT2D eigenvalue weighted by molar-refractivity contribution is 9.10. The van der Waals surface area contributed by atoms with Crippen molar-refractivity contribution < 1.29 is 0 Å². The predicted molar refractivity (Wildman–Crippen MR) is 60.9 cm³/mol. The van der Waals surface area contributed by atoms with Gasteiger partial charge in [0, 0.05) is 10.5 Å². The molecule has 1 aromatic rings. The van der Waals surface area contributed by atoms with Crippen molar-refractivity contribution in [3.05, 3.63) is 33.8 Å². The largest absolute Gasteiger partial charge is 0.312 e. The van der Waals surface area contributed by atoms with Crippen LogP contribution in [0.1, 0.15) is 23.6 Å². The van der Waals surface area contributed by atoms with Crippen molar-refractivity contribution in [2.45, 2.75) is 19.4 Å². The minimum absolute atomic E-state index is 0.123. The highest BCUT2D eigenvalue weighted by Crippen LogP contribution is 2.23. The van der Waals surface area contributed by atoms with Gasteiger partial charge in [-0.3, -0.25) is 0 Å². The third kappa shape index (κ3) is 2.57. The van der Waals surface area contributed by atoms with Crippen LogP contribution in [0.4, 0.5) is 0 Å². The zero-order valence-corrected chi connectivity index (χ0v) is 9.93. The summed E-state index contributed by atoms with van der Waals surface area (Å²) in [4.78, 5) is 0. The molecule has 0 aliphatic heterocycles. The number of halogens is 1. The first-order valence-corrected chi connectivity index (χ1v) is 5.28. The van der Waals surface area contributed by atoms with Crippen LogP contribution in [0.3, 0.4) is 0 Å². The first-order chi connectivity index (χ1) is 6.69. The quantitative estimate of drug-likeness (QED) is 0.898. The molecule has 0 aromatic heterocycles. The maximum absolute atomic E-state index is 8.69. The second-order valence-corrected chi connectivity index (χ2v) is 4.12. The molecule has 0 fully saturated rings. The Hall–Kier alpha value is -0.850. The van der Waals surface area contributed by atoms with E-state index in [1.807, 2.05) is 13.1 Å². The lowest BCUT2D eigenvalue weighted by Crippen LogP contribution is -2.16. The second kappa shape index (κ2) is 5.14. The number of nitrogens with one attached hydrogen (secondary N) is 1. The third-order valence-electron chi connectivity index (χ3n) is 2.26. The molecule has 1 atom stereocenters. The van der Waals surface area contributed by atoms with Gasteiger partial charge >= 0.3 is 0 Å². The number of aryl methyl sites for hydroxylation is 1. The number of hydrogen-bond donors (Lipinski definition) is 1. The number of nitrogens with zero attached hydrogens (tertiary/aromatic N) is 1. The predicted octanol–water partition coefficient (Wildman–Crippen LogP) is 2.93. The van der Waals surface area contributed by atoms with Crippen LogP contribution in [0.15, 0.2) is 22.7 Å². The van der Waals surface area contributed by atoms with Crippen LogP contribution in [0.5, 0.6) is 0 Å². The van der Waals surface area contributed by atoms with Gasteiger partial charge in [-0.15, -0.1) is 0 Å². The van der Waals surface area contributed by atoms with Crippen molar-refractivity contribution in [2.24, 2.45) is 0 Å². The molecule has 74 valence electrons. The van der Waals surface area contributed by atoms with E-state index in [2.05, 4.69) is 46.4 Å². The maximum atomic E-state index is 8.69. The molecule has 0 bridgehead atoms. The van der Waals surface area contributed by atoms with Crippen LogP contribution in [-0.4, -0.2) is 7.05 Å². The fourth-order valence-corrected chi connectivity index (χ4v) is 1.82. The van der Waals surface area contributed by atoms with Gasteiger partial charge in [0.15, 0.2) is 0 Å². The summed E-state index contributed by atoms with van der Waals surface area (Å²) in [5, 5.41) is 11.8. The Morgan fingerprint density at radius 2 is 2.29 bits per heavy atom. The van der Waals surface area contributed by atoms with Gasteiger partial charge in [0.25, 0.3) is 0 Å². The fourth-order valence-electron chi connectivity index (χ4n) is 1.45. The monoisotopic (exact) mass is 252 g/mol. The summed E-state index contributed by atoms with van der Waals surface area (Å²) in [6.45, 7) is 2.06. The van der Waals surface area contributed by atoms with Gasteiger partial charge in [-0.2, -0.15) is 5.26 Å². The lowest BCUT2D eigenvalue weighted by atomic mass is 9.99. The first-order valence-electron chi connectivity index (χ1n) is 4.49. The van der Waals surface area contributed by atoms with Gasteiger partial charge in [0.1, 0.15) is 0 Å². The van der Waals surface area contributed by atoms with E-state index in [1.165, 1.54) is 11.1 Å². The summed E-state index contributed by atoms with van der Waals surface area (Å²) < 4.78 is 1.05. The van der Waals surface area contributed by atoms with Crippen LogP contribution in [0.25, 0.3) is 0 Å². The summed E-state index contributed by atoms with van der Waals surface area (Å²) in [5.41, 5.74) is 2.39. The Bertz CT molecular complexity index is 355. The van der Waals surface area contributed by atoms with Crippen molar-refractivity contribution >= 4 is 15.9 Å². The average molecular weight is 253 g/mol. The van der Waals surface area contributed by atoms with Gasteiger partial charge in [0.2, 0.25) is 0 Å². The minimum Gasteiger partial charge on any atom is -0.312 e. The van der Waals surface area contributed by atoms with Crippen molar-refractivity contribution in [2.75, 3.05) is 7.05 Å². The third-order valence-corrected chi connectivity index (χ3v) is 2.75. The maximum Gasteiger partial charge on any atom is 0.0641 e. The SMILES string of the molecule is CNC(CC#N)c1cc(Br)ccc1C. The Morgan fingerprint density at radius 3 is 2.86 bits per heavy atom. The molecule has 0 aliphatic rings. The molecule has 3 heteroatoms. The molecule has 14 heavy (non-hydrogen) atoms. The summed E-state index contributed by atoms with van der Waals surface area (Å²) in [6.07, 6.45) is 0.494. The van der Waals surface area contributed by atoms with Gasteiger partial charge in [-0.25, -0.2) is 0 Å². The van der Waals surface area contributed by atoms with Crippen LogP contribution >= 0.6 is 15.9 Å². The standard InChI is InChI=1S/C11H13BrN2/c1-8-3-4-9(12)7-10(8)11(14-2)5-6-13/h3-4,7,11,14H,5H2,1-2H3. The first kappa shape index (κ1) is 11.2. The minimum atomic E-state index is 0.123. The Balaban J connectivity index is 3.03. The highest BCUT2D eigenvalue weighted by Gasteiger charge is 2.11. The summed E-state index contributed by atoms with van der Waals surface area (Å²) >= 11 is 3.43. The highest BCUT2D eigenvalue weighted by atomic mass is 79.9. The van der Waals surface area contributed by atoms with E-state index < -0.39 is 0 Å². The topological polar surface area (TPSA) is 35.8 Å². The Morgan fingerprint density at radius 1 is 1.57 bits per heavy atom. The second-order valence-electron chi connectivity index (χ2n) is 3.20. The summed E-state index contributed by atoms with van der Waals surface area (Å²) in [7, 11) is 1.88. The van der Waals surface area contributed by atoms with E-state index in [4.69, 9.17) is 5.26 Å². The Labute approximate surface area is 93.1 Å². The van der Waals surface area contributed by atoms with E-state index in [0.717, 1.165) is 4.47 Å². The van der Waals surface area contributed by atoms with Gasteiger partial charge in [-0.05, 0) is 37.2 Å². The van der Waals surface area contributed by atoms with Crippen LogP contribution in [0.2, 0.25) is 0 Å². The molecule has 0 aliphatic carbocycles. The summed E-state index contributed by atoms with van der Waals surface area (Å²) in [6, 6.07) is 8.44. The number of hydrogen-bond acceptors (Lipinski definition) is 2. The molecule has 0 radical (unpaired) electrons. The molecule has 0 saturated carbocycles. The lowest BCUT2D eigenvalue weighted by Gasteiger charge is -2.15. The number of benzene rings is 1. The van der Waals surface area contributed by atoms with Gasteiger partial charge < -0.3 is 5.32 Å². The molecular weight excluding hydrogens is 240 g/mol. The van der Waals surface area contributed by atoms with E-state index in [-0.39, 0.29) is 6.04 Å². The molecule has 1 N–H and O–H groups in total. The molecule has 0 amide bonds. The van der Waals surface area contributed by atoms with Crippen molar-refractivity contribution in [1.29, 1.82) is 5.26 Å². The molecule has 0 spiro atoms. The van der Waals surface area contributed by atoms with Crippen molar-refractivity contribution in [1.82, 2.24) is 5.32 Å². The Kier molecular flexibility index (Phi) is 4.12. The smallest absolute Gasteiger partial charge is 0.0641 e. The molecule has 0 saturated heterocycles. The van der Waals surface area contributed by atoms with E-state index in [0.29, 0.717) is 6.42 Å². The molecular formula is C11H13BrN2. The summed E-state index contributed by atoms with van der Waals surface area (Å²) in [5.74, 6) is 0. The van der Waals surface area contributed by atoms with E-state index in [9.17, 15) is 0 Å². The number of nitriles is 1. The zero-order chi connectivity index (χ0) is 10.6. The molecule has 1 rings (SSSR count). The van der Waals surface area contributed by atoms with Crippen molar-refractivity contribution in [3.63, 3.8) is 0 Å². The molecule has 0 heterocycles. The van der Waals surface area contributed by atoms with Gasteiger partial charge in [-0.1, -0.05) is 22.0 Å². The van der Waals surface area contributed by atoms with Crippen LogP contribution < -0.4 is 5.32 Å².